The zero-order chi connectivity index (χ0) is 12.9. The zero-order valence-corrected chi connectivity index (χ0v) is 9.67. The standard InChI is InChI=1S/C10H12ClF3N2O/c11-9-2-1-8(5-15-9)6-16(3-4-17)7-10(12,13)14/h1-2,5,17H,3-4,6-7H2. The third-order valence-electron chi connectivity index (χ3n) is 2.01. The van der Waals surface area contributed by atoms with Crippen LogP contribution in [-0.4, -0.2) is 40.9 Å². The molecule has 17 heavy (non-hydrogen) atoms. The highest BCUT2D eigenvalue weighted by atomic mass is 35.5. The Kier molecular flexibility index (Phi) is 5.17. The number of aliphatic hydroxyl groups is 1. The first-order chi connectivity index (χ1) is 7.90. The van der Waals surface area contributed by atoms with Gasteiger partial charge in [0.2, 0.25) is 0 Å². The van der Waals surface area contributed by atoms with Crippen molar-refractivity contribution in [3.8, 4) is 0 Å². The maximum Gasteiger partial charge on any atom is 0.401 e. The van der Waals surface area contributed by atoms with Crippen molar-refractivity contribution in [1.82, 2.24) is 9.88 Å². The highest BCUT2D eigenvalue weighted by Gasteiger charge is 2.30. The Morgan fingerprint density at radius 3 is 2.53 bits per heavy atom. The van der Waals surface area contributed by atoms with E-state index in [9.17, 15) is 13.2 Å². The molecule has 7 heteroatoms. The number of halogens is 4. The van der Waals surface area contributed by atoms with E-state index in [4.69, 9.17) is 16.7 Å². The zero-order valence-electron chi connectivity index (χ0n) is 8.91. The molecule has 1 heterocycles. The van der Waals surface area contributed by atoms with Crippen LogP contribution in [0.1, 0.15) is 5.56 Å². The fourth-order valence-corrected chi connectivity index (χ4v) is 1.48. The molecule has 0 atom stereocenters. The average Bonchev–Trinajstić information content (AvgIpc) is 2.19. The van der Waals surface area contributed by atoms with E-state index in [0.717, 1.165) is 4.90 Å². The van der Waals surface area contributed by atoms with Gasteiger partial charge in [-0.2, -0.15) is 13.2 Å². The van der Waals surface area contributed by atoms with Crippen molar-refractivity contribution in [2.75, 3.05) is 19.7 Å². The average molecular weight is 269 g/mol. The third kappa shape index (κ3) is 5.86. The molecule has 1 aromatic rings. The van der Waals surface area contributed by atoms with Gasteiger partial charge in [0.25, 0.3) is 0 Å². The van der Waals surface area contributed by atoms with Crippen LogP contribution in [0.3, 0.4) is 0 Å². The molecule has 0 aliphatic carbocycles. The second-order valence-electron chi connectivity index (χ2n) is 3.54. The van der Waals surface area contributed by atoms with Gasteiger partial charge in [-0.15, -0.1) is 0 Å². The molecule has 0 bridgehead atoms. The number of nitrogens with zero attached hydrogens (tertiary/aromatic N) is 2. The molecule has 0 aromatic carbocycles. The molecule has 0 amide bonds. The number of rotatable bonds is 5. The molecule has 3 nitrogen and oxygen atoms in total. The van der Waals surface area contributed by atoms with E-state index in [0.29, 0.717) is 10.7 Å². The molecule has 0 saturated heterocycles. The van der Waals surface area contributed by atoms with Gasteiger partial charge in [-0.3, -0.25) is 4.90 Å². The normalized spacial score (nSPS) is 12.1. The number of pyridine rings is 1. The third-order valence-corrected chi connectivity index (χ3v) is 2.24. The Morgan fingerprint density at radius 1 is 1.35 bits per heavy atom. The molecule has 0 fully saturated rings. The van der Waals surface area contributed by atoms with Gasteiger partial charge >= 0.3 is 6.18 Å². The van der Waals surface area contributed by atoms with E-state index < -0.39 is 12.7 Å². The molecule has 0 radical (unpaired) electrons. The molecule has 0 aliphatic rings. The van der Waals surface area contributed by atoms with Gasteiger partial charge in [0.1, 0.15) is 5.15 Å². The van der Waals surface area contributed by atoms with Gasteiger partial charge in [-0.25, -0.2) is 4.98 Å². The lowest BCUT2D eigenvalue weighted by atomic mass is 10.2. The Hall–Kier alpha value is -0.850. The predicted molar refractivity (Wildman–Crippen MR) is 57.7 cm³/mol. The van der Waals surface area contributed by atoms with Crippen molar-refractivity contribution in [3.63, 3.8) is 0 Å². The Morgan fingerprint density at radius 2 is 2.06 bits per heavy atom. The quantitative estimate of drug-likeness (QED) is 0.831. The highest BCUT2D eigenvalue weighted by Crippen LogP contribution is 2.18. The summed E-state index contributed by atoms with van der Waals surface area (Å²) in [4.78, 5) is 4.89. The number of aliphatic hydroxyl groups excluding tert-OH is 1. The summed E-state index contributed by atoms with van der Waals surface area (Å²) in [5.74, 6) is 0. The van der Waals surface area contributed by atoms with Crippen molar-refractivity contribution >= 4 is 11.6 Å². The minimum Gasteiger partial charge on any atom is -0.395 e. The van der Waals surface area contributed by atoms with Crippen LogP contribution < -0.4 is 0 Å². The van der Waals surface area contributed by atoms with Gasteiger partial charge < -0.3 is 5.11 Å². The number of aromatic nitrogens is 1. The van der Waals surface area contributed by atoms with E-state index in [1.54, 1.807) is 6.07 Å². The second-order valence-corrected chi connectivity index (χ2v) is 3.93. The van der Waals surface area contributed by atoms with Crippen LogP contribution in [0.4, 0.5) is 13.2 Å². The van der Waals surface area contributed by atoms with Gasteiger partial charge in [0.15, 0.2) is 0 Å². The lowest BCUT2D eigenvalue weighted by Crippen LogP contribution is -2.35. The number of alkyl halides is 3. The Balaban J connectivity index is 2.63. The van der Waals surface area contributed by atoms with Crippen LogP contribution in [0.2, 0.25) is 5.15 Å². The van der Waals surface area contributed by atoms with Crippen LogP contribution >= 0.6 is 11.6 Å². The summed E-state index contributed by atoms with van der Waals surface area (Å²) in [6, 6.07) is 3.12. The molecule has 0 spiro atoms. The van der Waals surface area contributed by atoms with Crippen molar-refractivity contribution < 1.29 is 18.3 Å². The van der Waals surface area contributed by atoms with Gasteiger partial charge in [-0.1, -0.05) is 17.7 Å². The topological polar surface area (TPSA) is 36.4 Å². The first-order valence-electron chi connectivity index (χ1n) is 4.91. The van der Waals surface area contributed by atoms with Crippen molar-refractivity contribution in [2.45, 2.75) is 12.7 Å². The first-order valence-corrected chi connectivity index (χ1v) is 5.29. The van der Waals surface area contributed by atoms with Crippen LogP contribution in [0.5, 0.6) is 0 Å². The van der Waals surface area contributed by atoms with Crippen LogP contribution in [0.25, 0.3) is 0 Å². The molecule has 0 saturated carbocycles. The maximum atomic E-state index is 12.2. The fourth-order valence-electron chi connectivity index (χ4n) is 1.37. The number of hydrogen-bond acceptors (Lipinski definition) is 3. The fraction of sp³-hybridized carbons (Fsp3) is 0.500. The summed E-state index contributed by atoms with van der Waals surface area (Å²) in [6.45, 7) is -1.35. The van der Waals surface area contributed by atoms with Gasteiger partial charge in [0.05, 0.1) is 13.2 Å². The summed E-state index contributed by atoms with van der Waals surface area (Å²) in [5, 5.41) is 9.00. The molecule has 1 N–H and O–H groups in total. The van der Waals surface area contributed by atoms with Crippen LogP contribution in [0.15, 0.2) is 18.3 Å². The summed E-state index contributed by atoms with van der Waals surface area (Å²) in [5.41, 5.74) is 0.618. The van der Waals surface area contributed by atoms with Crippen LogP contribution in [-0.2, 0) is 6.54 Å². The van der Waals surface area contributed by atoms with Crippen molar-refractivity contribution in [3.05, 3.63) is 29.0 Å². The van der Waals surface area contributed by atoms with Gasteiger partial charge in [-0.05, 0) is 11.6 Å². The minimum atomic E-state index is -4.28. The number of hydrogen-bond donors (Lipinski definition) is 1. The van der Waals surface area contributed by atoms with Crippen LogP contribution in [0, 0.1) is 0 Å². The molecule has 0 aliphatic heterocycles. The predicted octanol–water partition coefficient (Wildman–Crippen LogP) is 2.09. The van der Waals surface area contributed by atoms with Gasteiger partial charge in [0, 0.05) is 19.3 Å². The van der Waals surface area contributed by atoms with E-state index >= 15 is 0 Å². The second kappa shape index (κ2) is 6.18. The molecule has 96 valence electrons. The van der Waals surface area contributed by atoms with E-state index in [-0.39, 0.29) is 19.7 Å². The van der Waals surface area contributed by atoms with E-state index in [1.807, 2.05) is 0 Å². The molecular weight excluding hydrogens is 257 g/mol. The summed E-state index contributed by atoms with van der Waals surface area (Å²) < 4.78 is 36.7. The Bertz CT molecular complexity index is 342. The summed E-state index contributed by atoms with van der Waals surface area (Å²) in [7, 11) is 0. The first kappa shape index (κ1) is 14.2. The maximum absolute atomic E-state index is 12.2. The molecule has 1 rings (SSSR count). The van der Waals surface area contributed by atoms with Crippen molar-refractivity contribution in [1.29, 1.82) is 0 Å². The van der Waals surface area contributed by atoms with E-state index in [2.05, 4.69) is 4.98 Å². The molecule has 0 unspecified atom stereocenters. The van der Waals surface area contributed by atoms with E-state index in [1.165, 1.54) is 12.3 Å². The summed E-state index contributed by atoms with van der Waals surface area (Å²) in [6.07, 6.45) is -2.86. The highest BCUT2D eigenvalue weighted by molar-refractivity contribution is 6.29. The monoisotopic (exact) mass is 268 g/mol. The Labute approximate surface area is 102 Å². The molecule has 1 aromatic heterocycles. The SMILES string of the molecule is OCCN(Cc1ccc(Cl)nc1)CC(F)(F)F. The smallest absolute Gasteiger partial charge is 0.395 e. The minimum absolute atomic E-state index is 0.0395. The lowest BCUT2D eigenvalue weighted by molar-refractivity contribution is -0.147. The lowest BCUT2D eigenvalue weighted by Gasteiger charge is -2.22. The molecular formula is C10H12ClF3N2O. The van der Waals surface area contributed by atoms with Crippen molar-refractivity contribution in [2.24, 2.45) is 0 Å². The largest absolute Gasteiger partial charge is 0.401 e. The summed E-state index contributed by atoms with van der Waals surface area (Å²) >= 11 is 5.57.